The number of amides is 1. The van der Waals surface area contributed by atoms with E-state index in [1.165, 1.54) is 0 Å². The number of hydrogen-bond donors (Lipinski definition) is 2. The topological polar surface area (TPSA) is 97.0 Å². The number of benzene rings is 2. The second-order valence-corrected chi connectivity index (χ2v) is 10.5. The van der Waals surface area contributed by atoms with Crippen LogP contribution in [0.1, 0.15) is 25.3 Å². The summed E-state index contributed by atoms with van der Waals surface area (Å²) in [5.74, 6) is 1.35. The van der Waals surface area contributed by atoms with Gasteiger partial charge in [-0.05, 0) is 63.4 Å². The lowest BCUT2D eigenvalue weighted by Gasteiger charge is -2.36. The van der Waals surface area contributed by atoms with Crippen LogP contribution >= 0.6 is 0 Å². The number of nitrogens with one attached hydrogen (secondary N) is 2. The number of aryl methyl sites for hydroxylation is 1. The molecule has 0 bridgehead atoms. The molecule has 0 radical (unpaired) electrons. The molecule has 2 aromatic carbocycles. The fraction of sp³-hybridized carbons (Fsp3) is 0.458. The van der Waals surface area contributed by atoms with Crippen molar-refractivity contribution in [1.82, 2.24) is 9.62 Å². The van der Waals surface area contributed by atoms with Crippen molar-refractivity contribution in [3.05, 3.63) is 48.0 Å². The van der Waals surface area contributed by atoms with Gasteiger partial charge in [-0.3, -0.25) is 9.69 Å². The summed E-state index contributed by atoms with van der Waals surface area (Å²) in [5, 5.41) is 2.96. The Labute approximate surface area is 195 Å². The van der Waals surface area contributed by atoms with Gasteiger partial charge in [0, 0.05) is 24.8 Å². The molecule has 1 fully saturated rings. The third-order valence-electron chi connectivity index (χ3n) is 6.18. The SMILES string of the molecule is Cc1ccc(S(=O)(=O)NCC2CCCN(C(C)C(=O)Nc3ccc4c(c3)OCCO4)C2)cc1. The first-order valence-electron chi connectivity index (χ1n) is 11.3. The molecule has 2 atom stereocenters. The molecule has 8 nitrogen and oxygen atoms in total. The quantitative estimate of drug-likeness (QED) is 0.642. The summed E-state index contributed by atoms with van der Waals surface area (Å²) >= 11 is 0. The summed E-state index contributed by atoms with van der Waals surface area (Å²) in [6.07, 6.45) is 1.84. The first-order chi connectivity index (χ1) is 15.8. The van der Waals surface area contributed by atoms with Gasteiger partial charge in [0.15, 0.2) is 11.5 Å². The van der Waals surface area contributed by atoms with E-state index in [-0.39, 0.29) is 22.8 Å². The zero-order chi connectivity index (χ0) is 23.4. The molecule has 0 aromatic heterocycles. The summed E-state index contributed by atoms with van der Waals surface area (Å²) in [7, 11) is -3.55. The zero-order valence-electron chi connectivity index (χ0n) is 19.0. The van der Waals surface area contributed by atoms with Crippen molar-refractivity contribution in [2.24, 2.45) is 5.92 Å². The molecule has 0 aliphatic carbocycles. The zero-order valence-corrected chi connectivity index (χ0v) is 19.9. The maximum atomic E-state index is 12.9. The number of carbonyl (C=O) groups excluding carboxylic acids is 1. The maximum absolute atomic E-state index is 12.9. The minimum absolute atomic E-state index is 0.104. The largest absolute Gasteiger partial charge is 0.486 e. The van der Waals surface area contributed by atoms with Gasteiger partial charge < -0.3 is 14.8 Å². The minimum atomic E-state index is -3.55. The van der Waals surface area contributed by atoms with Crippen LogP contribution < -0.4 is 19.5 Å². The molecule has 178 valence electrons. The molecule has 2 aromatic rings. The number of piperidine rings is 1. The van der Waals surface area contributed by atoms with Crippen LogP contribution in [0, 0.1) is 12.8 Å². The Morgan fingerprint density at radius 3 is 2.61 bits per heavy atom. The highest BCUT2D eigenvalue weighted by Gasteiger charge is 2.28. The average Bonchev–Trinajstić information content (AvgIpc) is 2.83. The summed E-state index contributed by atoms with van der Waals surface area (Å²) in [6, 6.07) is 11.9. The van der Waals surface area contributed by atoms with E-state index in [0.717, 1.165) is 24.9 Å². The average molecular weight is 474 g/mol. The van der Waals surface area contributed by atoms with Crippen LogP contribution in [-0.2, 0) is 14.8 Å². The third-order valence-corrected chi connectivity index (χ3v) is 7.62. The number of anilines is 1. The summed E-state index contributed by atoms with van der Waals surface area (Å²) in [6.45, 7) is 6.63. The predicted octanol–water partition coefficient (Wildman–Crippen LogP) is 2.78. The van der Waals surface area contributed by atoms with E-state index < -0.39 is 10.0 Å². The second-order valence-electron chi connectivity index (χ2n) is 8.69. The number of hydrogen-bond acceptors (Lipinski definition) is 6. The summed E-state index contributed by atoms with van der Waals surface area (Å²) in [5.41, 5.74) is 1.68. The van der Waals surface area contributed by atoms with E-state index >= 15 is 0 Å². The first kappa shape index (κ1) is 23.5. The second kappa shape index (κ2) is 10.1. The van der Waals surface area contributed by atoms with E-state index in [9.17, 15) is 13.2 Å². The Hall–Kier alpha value is -2.62. The highest BCUT2D eigenvalue weighted by Crippen LogP contribution is 2.32. The van der Waals surface area contributed by atoms with E-state index in [0.29, 0.717) is 43.5 Å². The molecule has 4 rings (SSSR count). The van der Waals surface area contributed by atoms with E-state index in [2.05, 4.69) is 14.9 Å². The molecule has 2 N–H and O–H groups in total. The van der Waals surface area contributed by atoms with Crippen molar-refractivity contribution >= 4 is 21.6 Å². The number of nitrogens with zero attached hydrogens (tertiary/aromatic N) is 1. The van der Waals surface area contributed by atoms with E-state index in [1.807, 2.05) is 13.8 Å². The lowest BCUT2D eigenvalue weighted by Crippen LogP contribution is -2.48. The van der Waals surface area contributed by atoms with Crippen LogP contribution in [0.5, 0.6) is 11.5 Å². The van der Waals surface area contributed by atoms with Gasteiger partial charge in [-0.1, -0.05) is 17.7 Å². The minimum Gasteiger partial charge on any atom is -0.486 e. The molecule has 0 spiro atoms. The number of ether oxygens (including phenoxy) is 2. The Morgan fingerprint density at radius 2 is 1.85 bits per heavy atom. The van der Waals surface area contributed by atoms with E-state index in [4.69, 9.17) is 9.47 Å². The van der Waals surface area contributed by atoms with Gasteiger partial charge in [0.2, 0.25) is 15.9 Å². The monoisotopic (exact) mass is 473 g/mol. The molecule has 33 heavy (non-hydrogen) atoms. The van der Waals surface area contributed by atoms with Gasteiger partial charge in [0.1, 0.15) is 13.2 Å². The van der Waals surface area contributed by atoms with Gasteiger partial charge >= 0.3 is 0 Å². The molecule has 2 aliphatic heterocycles. The van der Waals surface area contributed by atoms with Gasteiger partial charge in [0.05, 0.1) is 10.9 Å². The van der Waals surface area contributed by atoms with Gasteiger partial charge in [0.25, 0.3) is 0 Å². The normalized spacial score (nSPS) is 19.6. The molecule has 2 aliphatic rings. The van der Waals surface area contributed by atoms with Gasteiger partial charge in [-0.25, -0.2) is 13.1 Å². The number of sulfonamides is 1. The predicted molar refractivity (Wildman–Crippen MR) is 126 cm³/mol. The Morgan fingerprint density at radius 1 is 1.12 bits per heavy atom. The van der Waals surface area contributed by atoms with E-state index in [1.54, 1.807) is 42.5 Å². The van der Waals surface area contributed by atoms with Crippen LogP contribution in [-0.4, -0.2) is 58.1 Å². The van der Waals surface area contributed by atoms with Crippen molar-refractivity contribution in [3.63, 3.8) is 0 Å². The van der Waals surface area contributed by atoms with Crippen LogP contribution in [0.2, 0.25) is 0 Å². The number of carbonyl (C=O) groups is 1. The Kier molecular flexibility index (Phi) is 7.21. The van der Waals surface area contributed by atoms with Crippen LogP contribution in [0.15, 0.2) is 47.4 Å². The molecule has 1 saturated heterocycles. The van der Waals surface area contributed by atoms with Gasteiger partial charge in [-0.15, -0.1) is 0 Å². The summed E-state index contributed by atoms with van der Waals surface area (Å²) in [4.78, 5) is 15.3. The van der Waals surface area contributed by atoms with Crippen molar-refractivity contribution in [1.29, 1.82) is 0 Å². The molecule has 2 unspecified atom stereocenters. The van der Waals surface area contributed by atoms with Crippen molar-refractivity contribution in [3.8, 4) is 11.5 Å². The number of likely N-dealkylation sites (tertiary alicyclic amines) is 1. The maximum Gasteiger partial charge on any atom is 0.241 e. The molecule has 1 amide bonds. The Balaban J connectivity index is 1.32. The molecule has 9 heteroatoms. The lowest BCUT2D eigenvalue weighted by atomic mass is 9.97. The third kappa shape index (κ3) is 5.85. The number of fused-ring (bicyclic) bond motifs is 1. The van der Waals surface area contributed by atoms with Crippen LogP contribution in [0.4, 0.5) is 5.69 Å². The highest BCUT2D eigenvalue weighted by molar-refractivity contribution is 7.89. The highest BCUT2D eigenvalue weighted by atomic mass is 32.2. The van der Waals surface area contributed by atoms with Gasteiger partial charge in [-0.2, -0.15) is 0 Å². The van der Waals surface area contributed by atoms with Crippen LogP contribution in [0.25, 0.3) is 0 Å². The summed E-state index contributed by atoms with van der Waals surface area (Å²) < 4.78 is 39.1. The standard InChI is InChI=1S/C24H31N3O5S/c1-17-5-8-21(9-6-17)33(29,30)25-15-19-4-3-11-27(16-19)18(2)24(28)26-20-7-10-22-23(14-20)32-13-12-31-22/h5-10,14,18-19,25H,3-4,11-13,15-16H2,1-2H3,(H,26,28). The first-order valence-corrected chi connectivity index (χ1v) is 12.8. The molecule has 2 heterocycles. The van der Waals surface area contributed by atoms with Crippen molar-refractivity contribution in [2.45, 2.75) is 37.6 Å². The van der Waals surface area contributed by atoms with Crippen molar-refractivity contribution < 1.29 is 22.7 Å². The Bertz CT molecular complexity index is 1090. The molecular weight excluding hydrogens is 442 g/mol. The molecule has 0 saturated carbocycles. The van der Waals surface area contributed by atoms with Crippen molar-refractivity contribution in [2.75, 3.05) is 38.2 Å². The smallest absolute Gasteiger partial charge is 0.241 e. The molecular formula is C24H31N3O5S. The number of rotatable bonds is 7. The fourth-order valence-electron chi connectivity index (χ4n) is 4.18. The fourth-order valence-corrected chi connectivity index (χ4v) is 5.29. The van der Waals surface area contributed by atoms with Crippen LogP contribution in [0.3, 0.4) is 0 Å². The lowest BCUT2D eigenvalue weighted by molar-refractivity contribution is -0.121.